The lowest BCUT2D eigenvalue weighted by molar-refractivity contribution is -0.114. The molecule has 8 heteroatoms. The van der Waals surface area contributed by atoms with Crippen molar-refractivity contribution < 1.29 is 13.2 Å². The molecule has 0 saturated carbocycles. The van der Waals surface area contributed by atoms with Gasteiger partial charge in [0, 0.05) is 38.8 Å². The van der Waals surface area contributed by atoms with E-state index in [0.717, 1.165) is 5.56 Å². The van der Waals surface area contributed by atoms with Crippen LogP contribution in [0.1, 0.15) is 12.5 Å². The van der Waals surface area contributed by atoms with Crippen LogP contribution < -0.4 is 15.4 Å². The van der Waals surface area contributed by atoms with E-state index < -0.39 is 10.2 Å². The van der Waals surface area contributed by atoms with Crippen molar-refractivity contribution >= 4 is 27.5 Å². The molecule has 3 N–H and O–H groups in total. The Morgan fingerprint density at radius 2 is 1.95 bits per heavy atom. The summed E-state index contributed by atoms with van der Waals surface area (Å²) in [5.41, 5.74) is 1.96. The molecule has 1 fully saturated rings. The molecule has 1 aromatic rings. The van der Waals surface area contributed by atoms with Gasteiger partial charge in [-0.25, -0.2) is 0 Å². The molecule has 0 spiro atoms. The Hall–Kier alpha value is -1.64. The average Bonchev–Trinajstić information content (AvgIpc) is 2.42. The van der Waals surface area contributed by atoms with E-state index in [-0.39, 0.29) is 5.91 Å². The van der Waals surface area contributed by atoms with Crippen molar-refractivity contribution in [2.45, 2.75) is 13.8 Å². The highest BCUT2D eigenvalue weighted by molar-refractivity contribution is 7.90. The Labute approximate surface area is 124 Å². The number of hydrogen-bond acceptors (Lipinski definition) is 4. The van der Waals surface area contributed by atoms with Crippen molar-refractivity contribution in [1.29, 1.82) is 0 Å². The Morgan fingerprint density at radius 1 is 1.29 bits per heavy atom. The second-order valence-corrected chi connectivity index (χ2v) is 6.64. The second-order valence-electron chi connectivity index (χ2n) is 4.97. The highest BCUT2D eigenvalue weighted by atomic mass is 32.2. The third-order valence-electron chi connectivity index (χ3n) is 3.20. The minimum absolute atomic E-state index is 0.160. The van der Waals surface area contributed by atoms with E-state index >= 15 is 0 Å². The summed E-state index contributed by atoms with van der Waals surface area (Å²) in [4.78, 5) is 11.1. The number of nitrogens with one attached hydrogen (secondary N) is 3. The Balaban J connectivity index is 2.12. The molecular weight excluding hydrogens is 292 g/mol. The average molecular weight is 312 g/mol. The minimum atomic E-state index is -3.53. The fourth-order valence-corrected chi connectivity index (χ4v) is 3.37. The maximum absolute atomic E-state index is 12.2. The summed E-state index contributed by atoms with van der Waals surface area (Å²) in [6, 6.07) is 5.02. The number of rotatable bonds is 4. The molecule has 1 aliphatic rings. The summed E-state index contributed by atoms with van der Waals surface area (Å²) in [5, 5.41) is 5.80. The Bertz CT molecular complexity index is 624. The first kappa shape index (κ1) is 15.7. The summed E-state index contributed by atoms with van der Waals surface area (Å²) in [6.07, 6.45) is 0. The minimum Gasteiger partial charge on any atom is -0.326 e. The molecule has 1 aliphatic heterocycles. The number of nitrogens with zero attached hydrogens (tertiary/aromatic N) is 1. The molecule has 0 unspecified atom stereocenters. The van der Waals surface area contributed by atoms with Crippen LogP contribution in [0.4, 0.5) is 11.4 Å². The molecule has 1 saturated heterocycles. The number of aryl methyl sites for hydroxylation is 1. The number of anilines is 2. The van der Waals surface area contributed by atoms with E-state index in [2.05, 4.69) is 15.4 Å². The van der Waals surface area contributed by atoms with Gasteiger partial charge in [-0.05, 0) is 30.7 Å². The lowest BCUT2D eigenvalue weighted by Gasteiger charge is -2.27. The maximum atomic E-state index is 12.2. The smallest absolute Gasteiger partial charge is 0.301 e. The predicted molar refractivity (Wildman–Crippen MR) is 82.5 cm³/mol. The highest BCUT2D eigenvalue weighted by Crippen LogP contribution is 2.21. The van der Waals surface area contributed by atoms with Crippen LogP contribution in [0.15, 0.2) is 18.2 Å². The second kappa shape index (κ2) is 6.42. The molecule has 0 aliphatic carbocycles. The zero-order chi connectivity index (χ0) is 15.5. The van der Waals surface area contributed by atoms with Crippen molar-refractivity contribution in [3.05, 3.63) is 23.8 Å². The van der Waals surface area contributed by atoms with Gasteiger partial charge in [0.1, 0.15) is 0 Å². The standard InChI is InChI=1S/C13H20N4O3S/c1-10-9-12(3-4-13(10)15-11(2)18)16-21(19,20)17-7-5-14-6-8-17/h3-4,9,14,16H,5-8H2,1-2H3,(H,15,18). The van der Waals surface area contributed by atoms with Crippen molar-refractivity contribution in [1.82, 2.24) is 9.62 Å². The van der Waals surface area contributed by atoms with Gasteiger partial charge in [0.15, 0.2) is 0 Å². The SMILES string of the molecule is CC(=O)Nc1ccc(NS(=O)(=O)N2CCNCC2)cc1C. The monoisotopic (exact) mass is 312 g/mol. The van der Waals surface area contributed by atoms with Crippen LogP contribution in [0.3, 0.4) is 0 Å². The fraction of sp³-hybridized carbons (Fsp3) is 0.462. The van der Waals surface area contributed by atoms with E-state index in [4.69, 9.17) is 0 Å². The van der Waals surface area contributed by atoms with Gasteiger partial charge in [0.05, 0.1) is 5.69 Å². The number of piperazine rings is 1. The first-order chi connectivity index (χ1) is 9.88. The van der Waals surface area contributed by atoms with E-state index in [1.165, 1.54) is 11.2 Å². The summed E-state index contributed by atoms with van der Waals surface area (Å²) >= 11 is 0. The van der Waals surface area contributed by atoms with Gasteiger partial charge in [-0.2, -0.15) is 12.7 Å². The first-order valence-electron chi connectivity index (χ1n) is 6.75. The summed E-state index contributed by atoms with van der Waals surface area (Å²) in [6.45, 7) is 5.47. The van der Waals surface area contributed by atoms with Gasteiger partial charge in [-0.3, -0.25) is 9.52 Å². The van der Waals surface area contributed by atoms with Crippen LogP contribution in [0.25, 0.3) is 0 Å². The fourth-order valence-electron chi connectivity index (χ4n) is 2.16. The molecule has 1 heterocycles. The van der Waals surface area contributed by atoms with Crippen molar-refractivity contribution in [2.24, 2.45) is 0 Å². The third kappa shape index (κ3) is 4.16. The molecule has 7 nitrogen and oxygen atoms in total. The molecule has 2 rings (SSSR count). The van der Waals surface area contributed by atoms with Gasteiger partial charge >= 0.3 is 10.2 Å². The summed E-state index contributed by atoms with van der Waals surface area (Å²) in [5.74, 6) is -0.160. The molecule has 0 atom stereocenters. The Morgan fingerprint density at radius 3 is 2.52 bits per heavy atom. The highest BCUT2D eigenvalue weighted by Gasteiger charge is 2.23. The van der Waals surface area contributed by atoms with E-state index in [1.54, 1.807) is 18.2 Å². The molecule has 0 bridgehead atoms. The normalized spacial score (nSPS) is 16.5. The van der Waals surface area contributed by atoms with Crippen LogP contribution in [0.2, 0.25) is 0 Å². The molecule has 21 heavy (non-hydrogen) atoms. The van der Waals surface area contributed by atoms with Gasteiger partial charge in [0.25, 0.3) is 0 Å². The number of hydrogen-bond donors (Lipinski definition) is 3. The lowest BCUT2D eigenvalue weighted by atomic mass is 10.2. The predicted octanol–water partition coefficient (Wildman–Crippen LogP) is 0.515. The number of amides is 1. The zero-order valence-electron chi connectivity index (χ0n) is 12.1. The summed E-state index contributed by atoms with van der Waals surface area (Å²) < 4.78 is 28.5. The number of carbonyl (C=O) groups is 1. The Kier molecular flexibility index (Phi) is 4.81. The van der Waals surface area contributed by atoms with Crippen molar-refractivity contribution in [3.63, 3.8) is 0 Å². The lowest BCUT2D eigenvalue weighted by Crippen LogP contribution is -2.48. The van der Waals surface area contributed by atoms with Gasteiger partial charge in [-0.15, -0.1) is 0 Å². The largest absolute Gasteiger partial charge is 0.326 e. The maximum Gasteiger partial charge on any atom is 0.301 e. The van der Waals surface area contributed by atoms with Gasteiger partial charge in [-0.1, -0.05) is 0 Å². The topological polar surface area (TPSA) is 90.5 Å². The summed E-state index contributed by atoms with van der Waals surface area (Å²) in [7, 11) is -3.53. The van der Waals surface area contributed by atoms with Crippen LogP contribution in [0, 0.1) is 6.92 Å². The van der Waals surface area contributed by atoms with Gasteiger partial charge in [0.2, 0.25) is 5.91 Å². The number of carbonyl (C=O) groups excluding carboxylic acids is 1. The van der Waals surface area contributed by atoms with E-state index in [1.807, 2.05) is 6.92 Å². The zero-order valence-corrected chi connectivity index (χ0v) is 13.0. The molecule has 0 aromatic heterocycles. The van der Waals surface area contributed by atoms with Crippen LogP contribution >= 0.6 is 0 Å². The molecule has 116 valence electrons. The van der Waals surface area contributed by atoms with Crippen LogP contribution in [-0.2, 0) is 15.0 Å². The van der Waals surface area contributed by atoms with Crippen LogP contribution in [-0.4, -0.2) is 44.8 Å². The molecule has 1 aromatic carbocycles. The van der Waals surface area contributed by atoms with E-state index in [0.29, 0.717) is 37.6 Å². The van der Waals surface area contributed by atoms with E-state index in [9.17, 15) is 13.2 Å². The van der Waals surface area contributed by atoms with Crippen molar-refractivity contribution in [3.8, 4) is 0 Å². The quantitative estimate of drug-likeness (QED) is 0.756. The molecule has 0 radical (unpaired) electrons. The number of benzene rings is 1. The third-order valence-corrected chi connectivity index (χ3v) is 4.74. The van der Waals surface area contributed by atoms with Crippen molar-refractivity contribution in [2.75, 3.05) is 36.2 Å². The van der Waals surface area contributed by atoms with Gasteiger partial charge < -0.3 is 10.6 Å². The van der Waals surface area contributed by atoms with Crippen LogP contribution in [0.5, 0.6) is 0 Å². The first-order valence-corrected chi connectivity index (χ1v) is 8.19. The molecule has 1 amide bonds. The molecular formula is C13H20N4O3S.